The van der Waals surface area contributed by atoms with E-state index < -0.39 is 51.8 Å². The van der Waals surface area contributed by atoms with Crippen LogP contribution in [0.15, 0.2) is 10.5 Å². The van der Waals surface area contributed by atoms with Gasteiger partial charge < -0.3 is 24.8 Å². The molecule has 1 aromatic heterocycles. The van der Waals surface area contributed by atoms with E-state index in [-0.39, 0.29) is 57.2 Å². The Bertz CT molecular complexity index is 1030. The van der Waals surface area contributed by atoms with Crippen LogP contribution in [0.1, 0.15) is 12.6 Å². The molecule has 2 N–H and O–H groups in total. The molecular formula is C14H15ClN5NaO9S2. The molecule has 3 amide bonds. The maximum absolute atomic E-state index is 12.7. The molecule has 14 nitrogen and oxygen atoms in total. The number of nitrogens with one attached hydrogen (secondary N) is 2. The summed E-state index contributed by atoms with van der Waals surface area (Å²) in [4.78, 5) is 56.8. The number of carbonyl (C=O) groups is 4. The number of β-lactam (4-membered cyclic amide) rings is 1. The van der Waals surface area contributed by atoms with Gasteiger partial charge in [0, 0.05) is 5.38 Å². The molecule has 18 heteroatoms. The van der Waals surface area contributed by atoms with Gasteiger partial charge in [-0.15, -0.1) is 22.9 Å². The summed E-state index contributed by atoms with van der Waals surface area (Å²) >= 11 is 6.33. The van der Waals surface area contributed by atoms with Gasteiger partial charge in [0.25, 0.3) is 11.8 Å². The number of oxime groups is 1. The summed E-state index contributed by atoms with van der Waals surface area (Å²) in [5.41, 5.74) is -0.500. The second-order valence-corrected chi connectivity index (χ2v) is 7.96. The first kappa shape index (κ1) is 28.2. The number of alkyl halides is 1. The Labute approximate surface area is 212 Å². The Kier molecular flexibility index (Phi) is 10.5. The Balaban J connectivity index is 0.00000512. The van der Waals surface area contributed by atoms with E-state index in [1.807, 2.05) is 0 Å². The van der Waals surface area contributed by atoms with Gasteiger partial charge in [-0.3, -0.25) is 14.4 Å². The zero-order chi connectivity index (χ0) is 23.3. The number of nitrogens with zero attached hydrogens (tertiary/aromatic N) is 3. The maximum Gasteiger partial charge on any atom is 1.00 e. The Morgan fingerprint density at radius 3 is 2.59 bits per heavy atom. The van der Waals surface area contributed by atoms with Gasteiger partial charge in [-0.2, -0.15) is 0 Å². The number of amides is 3. The van der Waals surface area contributed by atoms with Crippen molar-refractivity contribution in [2.45, 2.75) is 19.0 Å². The van der Waals surface area contributed by atoms with Crippen molar-refractivity contribution in [2.75, 3.05) is 24.9 Å². The quantitative estimate of drug-likeness (QED) is 0.0609. The zero-order valence-electron chi connectivity index (χ0n) is 16.9. The van der Waals surface area contributed by atoms with E-state index in [9.17, 15) is 32.1 Å². The minimum absolute atomic E-state index is 0. The van der Waals surface area contributed by atoms with Crippen molar-refractivity contribution in [3.63, 3.8) is 0 Å². The fourth-order valence-corrected chi connectivity index (χ4v) is 3.94. The number of hydrogen-bond acceptors (Lipinski definition) is 12. The van der Waals surface area contributed by atoms with Crippen molar-refractivity contribution in [1.82, 2.24) is 14.6 Å². The van der Waals surface area contributed by atoms with Crippen molar-refractivity contribution in [3.05, 3.63) is 11.1 Å². The van der Waals surface area contributed by atoms with Crippen LogP contribution < -0.4 is 40.2 Å². The Morgan fingerprint density at radius 2 is 2.06 bits per heavy atom. The van der Waals surface area contributed by atoms with E-state index in [1.54, 1.807) is 6.92 Å². The van der Waals surface area contributed by atoms with E-state index in [1.165, 1.54) is 5.38 Å². The van der Waals surface area contributed by atoms with Crippen LogP contribution in [0, 0.1) is 0 Å². The zero-order valence-corrected chi connectivity index (χ0v) is 21.2. The molecule has 2 atom stereocenters. The van der Waals surface area contributed by atoms with E-state index in [4.69, 9.17) is 16.4 Å². The van der Waals surface area contributed by atoms with E-state index in [0.717, 1.165) is 18.4 Å². The molecule has 170 valence electrons. The molecule has 0 bridgehead atoms. The van der Waals surface area contributed by atoms with Gasteiger partial charge in [-0.1, -0.05) is 5.16 Å². The van der Waals surface area contributed by atoms with Crippen LogP contribution in [0.25, 0.3) is 0 Å². The summed E-state index contributed by atoms with van der Waals surface area (Å²) in [6.45, 7) is 1.64. The summed E-state index contributed by atoms with van der Waals surface area (Å²) in [5, 5.41) is 9.53. The van der Waals surface area contributed by atoms with Crippen LogP contribution in [-0.2, 0) is 39.1 Å². The van der Waals surface area contributed by atoms with Crippen LogP contribution in [0.2, 0.25) is 0 Å². The molecule has 0 spiro atoms. The predicted molar refractivity (Wildman–Crippen MR) is 104 cm³/mol. The number of hydrogen-bond donors (Lipinski definition) is 2. The van der Waals surface area contributed by atoms with Gasteiger partial charge in [0.1, 0.15) is 24.2 Å². The maximum atomic E-state index is 12.7. The van der Waals surface area contributed by atoms with Crippen LogP contribution in [0.5, 0.6) is 0 Å². The molecule has 1 aliphatic rings. The molecule has 1 saturated heterocycles. The minimum Gasteiger partial charge on any atom is -0.731 e. The first-order chi connectivity index (χ1) is 14.5. The summed E-state index contributed by atoms with van der Waals surface area (Å²) in [6.07, 6.45) is 0. The average Bonchev–Trinajstić information content (AvgIpc) is 3.16. The second kappa shape index (κ2) is 11.9. The fourth-order valence-electron chi connectivity index (χ4n) is 2.34. The molecule has 0 radical (unpaired) electrons. The molecule has 1 aliphatic heterocycles. The Morgan fingerprint density at radius 1 is 1.41 bits per heavy atom. The van der Waals surface area contributed by atoms with E-state index in [0.29, 0.717) is 0 Å². The SMILES string of the molecule is CCO/N=C(/C(=O)N[C@H]1C(=O)N(S(=O)(=O)[O-])[C@H]1C(=O)OC)c1csc(NC(=O)CCl)n1.[Na+]. The number of thiazole rings is 1. The molecule has 2 heterocycles. The number of esters is 1. The van der Waals surface area contributed by atoms with Gasteiger partial charge in [-0.05, 0) is 6.92 Å². The van der Waals surface area contributed by atoms with Gasteiger partial charge >= 0.3 is 35.5 Å². The molecule has 2 rings (SSSR count). The molecule has 0 aliphatic carbocycles. The van der Waals surface area contributed by atoms with Crippen molar-refractivity contribution >= 4 is 67.8 Å². The largest absolute Gasteiger partial charge is 1.00 e. The first-order valence-electron chi connectivity index (χ1n) is 8.24. The third kappa shape index (κ3) is 6.37. The topological polar surface area (TPSA) is 196 Å². The number of carbonyl (C=O) groups excluding carboxylic acids is 4. The smallest absolute Gasteiger partial charge is 0.731 e. The van der Waals surface area contributed by atoms with Gasteiger partial charge in [0.15, 0.2) is 27.2 Å². The number of methoxy groups -OCH3 is 1. The number of aromatic nitrogens is 1. The molecule has 32 heavy (non-hydrogen) atoms. The van der Waals surface area contributed by atoms with Crippen LogP contribution in [-0.4, -0.2) is 83.3 Å². The standard InChI is InChI=1S/C14H16ClN5O9S2.Na/c1-3-29-19-8(6-5-30-14(16-6)17-7(21)4-15)11(22)18-9-10(13(24)28-2)20(12(9)23)31(25,26)27;/h5,9-10H,3-4H2,1-2H3,(H,18,22)(H,16,17,21)(H,25,26,27);/q;+1/p-1/b19-8+;/t9-,10-;/m1./s1. The van der Waals surface area contributed by atoms with Gasteiger partial charge in [-0.25, -0.2) is 22.5 Å². The average molecular weight is 520 g/mol. The third-order valence-corrected chi connectivity index (χ3v) is 5.53. The van der Waals surface area contributed by atoms with Gasteiger partial charge in [0.05, 0.1) is 7.11 Å². The summed E-state index contributed by atoms with van der Waals surface area (Å²) < 4.78 is 37.9. The van der Waals surface area contributed by atoms with Crippen molar-refractivity contribution in [3.8, 4) is 0 Å². The first-order valence-corrected chi connectivity index (χ1v) is 11.0. The molecule has 0 unspecified atom stereocenters. The van der Waals surface area contributed by atoms with Crippen molar-refractivity contribution < 1.29 is 71.3 Å². The van der Waals surface area contributed by atoms with Gasteiger partial charge in [0.2, 0.25) is 5.91 Å². The molecular weight excluding hydrogens is 505 g/mol. The number of ether oxygens (including phenoxy) is 1. The predicted octanol–water partition coefficient (Wildman–Crippen LogP) is -4.61. The summed E-state index contributed by atoms with van der Waals surface area (Å²) in [5.74, 6) is -4.50. The van der Waals surface area contributed by atoms with E-state index >= 15 is 0 Å². The van der Waals surface area contributed by atoms with Crippen LogP contribution in [0.4, 0.5) is 5.13 Å². The molecule has 1 aromatic rings. The van der Waals surface area contributed by atoms with Crippen molar-refractivity contribution in [1.29, 1.82) is 0 Å². The summed E-state index contributed by atoms with van der Waals surface area (Å²) in [6, 6.07) is -3.59. The normalized spacial score (nSPS) is 18.2. The van der Waals surface area contributed by atoms with Crippen LogP contribution >= 0.6 is 22.9 Å². The minimum atomic E-state index is -5.32. The van der Waals surface area contributed by atoms with E-state index in [2.05, 4.69) is 25.5 Å². The molecule has 0 aromatic carbocycles. The van der Waals surface area contributed by atoms with Crippen LogP contribution in [0.3, 0.4) is 0 Å². The second-order valence-electron chi connectivity index (χ2n) is 5.59. The molecule has 0 saturated carbocycles. The monoisotopic (exact) mass is 519 g/mol. The number of halogens is 1. The summed E-state index contributed by atoms with van der Waals surface area (Å²) in [7, 11) is -4.41. The number of rotatable bonds is 9. The Hall–Kier alpha value is -1.82. The fraction of sp³-hybridized carbons (Fsp3) is 0.429. The number of anilines is 1. The molecule has 1 fully saturated rings. The van der Waals surface area contributed by atoms with Crippen molar-refractivity contribution in [2.24, 2.45) is 5.16 Å². The third-order valence-electron chi connectivity index (χ3n) is 3.64.